The summed E-state index contributed by atoms with van der Waals surface area (Å²) in [6.45, 7) is 4.79. The molecule has 7 nitrogen and oxygen atoms in total. The number of anilines is 3. The van der Waals surface area contributed by atoms with Crippen LogP contribution in [-0.4, -0.2) is 47.5 Å². The van der Waals surface area contributed by atoms with Crippen LogP contribution in [0.4, 0.5) is 17.2 Å². The van der Waals surface area contributed by atoms with Crippen molar-refractivity contribution in [3.63, 3.8) is 0 Å². The second-order valence-electron chi connectivity index (χ2n) is 9.29. The Morgan fingerprint density at radius 2 is 2.06 bits per heavy atom. The van der Waals surface area contributed by atoms with E-state index in [9.17, 15) is 4.79 Å². The maximum atomic E-state index is 12.4. The smallest absolute Gasteiger partial charge is 0.248 e. The van der Waals surface area contributed by atoms with Gasteiger partial charge in [-0.15, -0.1) is 9.24 Å². The Labute approximate surface area is 212 Å². The van der Waals surface area contributed by atoms with Crippen LogP contribution < -0.4 is 20.7 Å². The lowest BCUT2D eigenvalue weighted by atomic mass is 10.1. The standard InChI is InChI=1S/C26H29ClN5O2P/c1-3-4-25(33)31-22-10-17-21(11-23(22)34-8-7-16-18-12-32(2)13-19(16)18)28-14-29-26(17)30-15-5-6-24(35)20(27)9-15/h3-6,9-11,14,16,18-19H,7-8,12-13,35H2,1-2H3,(H,31,33)(H,28,29,30)/b4-3+/t16?,18-,19+. The molecule has 1 amide bonds. The first-order valence-corrected chi connectivity index (χ1v) is 12.7. The zero-order valence-corrected chi connectivity index (χ0v) is 21.7. The number of amides is 1. The first-order chi connectivity index (χ1) is 16.9. The monoisotopic (exact) mass is 509 g/mol. The summed E-state index contributed by atoms with van der Waals surface area (Å²) in [6, 6.07) is 9.42. The number of hydrogen-bond donors (Lipinski definition) is 2. The number of carbonyl (C=O) groups is 1. The van der Waals surface area contributed by atoms with E-state index in [-0.39, 0.29) is 5.91 Å². The van der Waals surface area contributed by atoms with Gasteiger partial charge in [0.15, 0.2) is 0 Å². The number of carbonyl (C=O) groups excluding carboxylic acids is 1. The molecule has 2 heterocycles. The van der Waals surface area contributed by atoms with E-state index in [0.717, 1.165) is 46.1 Å². The van der Waals surface area contributed by atoms with E-state index in [2.05, 4.69) is 41.8 Å². The van der Waals surface area contributed by atoms with Crippen LogP contribution in [0.5, 0.6) is 5.75 Å². The van der Waals surface area contributed by atoms with Gasteiger partial charge in [-0.1, -0.05) is 23.7 Å². The molecule has 2 unspecified atom stereocenters. The van der Waals surface area contributed by atoms with Crippen molar-refractivity contribution >= 4 is 60.1 Å². The molecule has 9 heteroatoms. The fourth-order valence-electron chi connectivity index (χ4n) is 5.06. The molecule has 2 aromatic carbocycles. The predicted octanol–water partition coefficient (Wildman–Crippen LogP) is 4.62. The van der Waals surface area contributed by atoms with Crippen molar-refractivity contribution in [1.82, 2.24) is 14.9 Å². The van der Waals surface area contributed by atoms with Crippen LogP contribution in [0.2, 0.25) is 5.02 Å². The Morgan fingerprint density at radius 3 is 2.80 bits per heavy atom. The third kappa shape index (κ3) is 5.27. The molecule has 2 fully saturated rings. The maximum absolute atomic E-state index is 12.4. The van der Waals surface area contributed by atoms with Gasteiger partial charge < -0.3 is 20.3 Å². The Balaban J connectivity index is 1.39. The minimum Gasteiger partial charge on any atom is -0.491 e. The van der Waals surface area contributed by atoms with Crippen LogP contribution in [-0.2, 0) is 4.79 Å². The SMILES string of the molecule is C/C=C/C(=O)Nc1cc2c(Nc3ccc(P)c(Cl)c3)ncnc2cc1OCCC1[C@H]2CN(C)C[C@@H]12. The molecule has 2 aliphatic rings. The number of halogens is 1. The van der Waals surface area contributed by atoms with Crippen molar-refractivity contribution in [2.24, 2.45) is 17.8 Å². The van der Waals surface area contributed by atoms with Crippen LogP contribution in [0.3, 0.4) is 0 Å². The lowest BCUT2D eigenvalue weighted by Crippen LogP contribution is -2.19. The lowest BCUT2D eigenvalue weighted by Gasteiger charge is -2.16. The van der Waals surface area contributed by atoms with Gasteiger partial charge in [0.1, 0.15) is 17.9 Å². The van der Waals surface area contributed by atoms with Gasteiger partial charge in [-0.25, -0.2) is 9.97 Å². The molecule has 0 bridgehead atoms. The number of nitrogens with zero attached hydrogens (tertiary/aromatic N) is 3. The van der Waals surface area contributed by atoms with Crippen molar-refractivity contribution in [2.75, 3.05) is 37.4 Å². The van der Waals surface area contributed by atoms with Gasteiger partial charge in [0.05, 0.1) is 17.8 Å². The van der Waals surface area contributed by atoms with E-state index in [0.29, 0.717) is 28.9 Å². The number of benzene rings is 2. The summed E-state index contributed by atoms with van der Waals surface area (Å²) in [5, 5.41) is 8.59. The Morgan fingerprint density at radius 1 is 1.26 bits per heavy atom. The summed E-state index contributed by atoms with van der Waals surface area (Å²) in [5.74, 6) is 3.37. The molecule has 2 N–H and O–H groups in total. The number of hydrogen-bond acceptors (Lipinski definition) is 6. The molecular formula is C26H29ClN5O2P. The summed E-state index contributed by atoms with van der Waals surface area (Å²) in [5.41, 5.74) is 2.12. The molecule has 4 atom stereocenters. The maximum Gasteiger partial charge on any atom is 0.248 e. The van der Waals surface area contributed by atoms with Gasteiger partial charge in [-0.2, -0.15) is 0 Å². The Bertz CT molecular complexity index is 1290. The second kappa shape index (κ2) is 10.1. The van der Waals surface area contributed by atoms with Crippen molar-refractivity contribution < 1.29 is 9.53 Å². The fraction of sp³-hybridized carbons (Fsp3) is 0.346. The highest BCUT2D eigenvalue weighted by Crippen LogP contribution is 2.53. The number of fused-ring (bicyclic) bond motifs is 2. The molecule has 1 aliphatic carbocycles. The average Bonchev–Trinajstić information content (AvgIpc) is 3.28. The molecule has 5 rings (SSSR count). The number of rotatable bonds is 8. The van der Waals surface area contributed by atoms with Crippen LogP contribution in [0, 0.1) is 17.8 Å². The zero-order chi connectivity index (χ0) is 24.5. The van der Waals surface area contributed by atoms with Gasteiger partial charge in [0.25, 0.3) is 0 Å². The fourth-order valence-corrected chi connectivity index (χ4v) is 5.42. The summed E-state index contributed by atoms with van der Waals surface area (Å²) in [6.07, 6.45) is 5.73. The van der Waals surface area contributed by atoms with E-state index in [1.165, 1.54) is 25.5 Å². The predicted molar refractivity (Wildman–Crippen MR) is 145 cm³/mol. The lowest BCUT2D eigenvalue weighted by molar-refractivity contribution is -0.111. The van der Waals surface area contributed by atoms with Crippen LogP contribution >= 0.6 is 20.8 Å². The topological polar surface area (TPSA) is 79.4 Å². The Hall–Kier alpha value is -2.73. The van der Waals surface area contributed by atoms with E-state index >= 15 is 0 Å². The van der Waals surface area contributed by atoms with Gasteiger partial charge in [0, 0.05) is 35.3 Å². The van der Waals surface area contributed by atoms with Gasteiger partial charge >= 0.3 is 0 Å². The van der Waals surface area contributed by atoms with Crippen LogP contribution in [0.15, 0.2) is 48.8 Å². The highest BCUT2D eigenvalue weighted by molar-refractivity contribution is 7.28. The van der Waals surface area contributed by atoms with Crippen molar-refractivity contribution in [1.29, 1.82) is 0 Å². The number of nitrogens with one attached hydrogen (secondary N) is 2. The molecule has 0 radical (unpaired) electrons. The van der Waals surface area contributed by atoms with E-state index < -0.39 is 0 Å². The number of likely N-dealkylation sites (tertiary alicyclic amines) is 1. The zero-order valence-electron chi connectivity index (χ0n) is 19.8. The normalized spacial score (nSPS) is 21.3. The van der Waals surface area contributed by atoms with Crippen LogP contribution in [0.25, 0.3) is 10.9 Å². The van der Waals surface area contributed by atoms with Gasteiger partial charge in [-0.3, -0.25) is 4.79 Å². The molecule has 35 heavy (non-hydrogen) atoms. The van der Waals surface area contributed by atoms with E-state index in [1.54, 1.807) is 6.08 Å². The van der Waals surface area contributed by atoms with Crippen molar-refractivity contribution in [3.05, 3.63) is 53.8 Å². The van der Waals surface area contributed by atoms with Gasteiger partial charge in [-0.05, 0) is 67.7 Å². The van der Waals surface area contributed by atoms with E-state index in [1.807, 2.05) is 37.3 Å². The second-order valence-corrected chi connectivity index (χ2v) is 10.3. The van der Waals surface area contributed by atoms with Gasteiger partial charge in [0.2, 0.25) is 5.91 Å². The quantitative estimate of drug-likeness (QED) is 0.341. The number of piperidine rings is 1. The number of allylic oxidation sites excluding steroid dienone is 1. The summed E-state index contributed by atoms with van der Waals surface area (Å²) in [4.78, 5) is 23.7. The molecule has 1 aromatic heterocycles. The number of ether oxygens (including phenoxy) is 1. The molecule has 1 saturated heterocycles. The minimum atomic E-state index is -0.217. The first kappa shape index (κ1) is 24.0. The molecule has 1 saturated carbocycles. The summed E-state index contributed by atoms with van der Waals surface area (Å²) >= 11 is 6.28. The molecule has 0 spiro atoms. The third-order valence-corrected chi connectivity index (χ3v) is 7.85. The minimum absolute atomic E-state index is 0.217. The Kier molecular flexibility index (Phi) is 6.92. The number of aromatic nitrogens is 2. The highest BCUT2D eigenvalue weighted by Gasteiger charge is 2.53. The molecule has 3 aromatic rings. The van der Waals surface area contributed by atoms with Crippen LogP contribution in [0.1, 0.15) is 13.3 Å². The third-order valence-electron chi connectivity index (χ3n) is 6.84. The summed E-state index contributed by atoms with van der Waals surface area (Å²) in [7, 11) is 4.79. The van der Waals surface area contributed by atoms with Crippen molar-refractivity contribution in [2.45, 2.75) is 13.3 Å². The summed E-state index contributed by atoms with van der Waals surface area (Å²) < 4.78 is 6.20. The largest absolute Gasteiger partial charge is 0.491 e. The molecular weight excluding hydrogens is 481 g/mol. The molecule has 182 valence electrons. The average molecular weight is 510 g/mol. The molecule has 1 aliphatic heterocycles. The van der Waals surface area contributed by atoms with E-state index in [4.69, 9.17) is 16.3 Å². The highest BCUT2D eigenvalue weighted by atomic mass is 35.5. The first-order valence-electron chi connectivity index (χ1n) is 11.8. The van der Waals surface area contributed by atoms with Crippen molar-refractivity contribution in [3.8, 4) is 5.75 Å².